The van der Waals surface area contributed by atoms with Gasteiger partial charge in [0.1, 0.15) is 6.10 Å². The van der Waals surface area contributed by atoms with Crippen LogP contribution in [0.3, 0.4) is 0 Å². The Morgan fingerprint density at radius 3 is 3.00 bits per heavy atom. The number of aromatic nitrogens is 2. The molecule has 0 fully saturated rings. The summed E-state index contributed by atoms with van der Waals surface area (Å²) in [5, 5.41) is 13.6. The summed E-state index contributed by atoms with van der Waals surface area (Å²) in [6, 6.07) is 8.07. The van der Waals surface area contributed by atoms with E-state index in [2.05, 4.69) is 17.1 Å². The molecule has 2 aromatic heterocycles. The van der Waals surface area contributed by atoms with Gasteiger partial charge in [0, 0.05) is 17.3 Å². The highest BCUT2D eigenvalue weighted by Gasteiger charge is 2.16. The standard InChI is InChI=1S/C13H12N2OS/c1-15-8-14-7-11(15)12(16)10-4-2-3-9-5-6-17-13(9)10/h2-8,12,16H,1H3. The normalized spacial score (nSPS) is 13.1. The van der Waals surface area contributed by atoms with Crippen LogP contribution in [0.2, 0.25) is 0 Å². The molecule has 0 aliphatic carbocycles. The van der Waals surface area contributed by atoms with Gasteiger partial charge in [0.25, 0.3) is 0 Å². The molecule has 1 aromatic carbocycles. The molecule has 4 heteroatoms. The van der Waals surface area contributed by atoms with Crippen molar-refractivity contribution in [2.24, 2.45) is 7.05 Å². The molecule has 1 unspecified atom stereocenters. The summed E-state index contributed by atoms with van der Waals surface area (Å²) in [5.74, 6) is 0. The highest BCUT2D eigenvalue weighted by molar-refractivity contribution is 7.17. The van der Waals surface area contributed by atoms with Gasteiger partial charge in [0.15, 0.2) is 0 Å². The predicted octanol–water partition coefficient (Wildman–Crippen LogP) is 2.72. The maximum Gasteiger partial charge on any atom is 0.122 e. The summed E-state index contributed by atoms with van der Waals surface area (Å²) < 4.78 is 2.98. The number of nitrogens with zero attached hydrogens (tertiary/aromatic N) is 2. The molecule has 3 rings (SSSR count). The zero-order chi connectivity index (χ0) is 11.8. The third kappa shape index (κ3) is 1.66. The highest BCUT2D eigenvalue weighted by Crippen LogP contribution is 2.31. The first-order chi connectivity index (χ1) is 8.27. The van der Waals surface area contributed by atoms with Crippen molar-refractivity contribution in [1.29, 1.82) is 0 Å². The van der Waals surface area contributed by atoms with Crippen LogP contribution in [0.1, 0.15) is 17.4 Å². The fourth-order valence-corrected chi connectivity index (χ4v) is 2.96. The minimum absolute atomic E-state index is 0.621. The van der Waals surface area contributed by atoms with Crippen LogP contribution in [0.25, 0.3) is 10.1 Å². The van der Waals surface area contributed by atoms with E-state index in [-0.39, 0.29) is 0 Å². The topological polar surface area (TPSA) is 38.0 Å². The van der Waals surface area contributed by atoms with Crippen molar-refractivity contribution in [2.75, 3.05) is 0 Å². The molecule has 1 atom stereocenters. The molecule has 0 amide bonds. The Morgan fingerprint density at radius 2 is 2.24 bits per heavy atom. The molecular formula is C13H12N2OS. The molecule has 0 saturated heterocycles. The number of imidazole rings is 1. The molecule has 1 N–H and O–H groups in total. The lowest BCUT2D eigenvalue weighted by atomic mass is 10.1. The van der Waals surface area contributed by atoms with Crippen LogP contribution >= 0.6 is 11.3 Å². The molecule has 0 bridgehead atoms. The van der Waals surface area contributed by atoms with Crippen molar-refractivity contribution in [3.63, 3.8) is 0 Å². The fourth-order valence-electron chi connectivity index (χ4n) is 2.02. The van der Waals surface area contributed by atoms with Gasteiger partial charge < -0.3 is 9.67 Å². The van der Waals surface area contributed by atoms with Gasteiger partial charge in [-0.3, -0.25) is 0 Å². The minimum atomic E-state index is -0.621. The largest absolute Gasteiger partial charge is 0.382 e. The van der Waals surface area contributed by atoms with E-state index in [9.17, 15) is 5.11 Å². The summed E-state index contributed by atoms with van der Waals surface area (Å²) in [6.45, 7) is 0. The Bertz CT molecular complexity index is 656. The van der Waals surface area contributed by atoms with Crippen LogP contribution in [0, 0.1) is 0 Å². The maximum absolute atomic E-state index is 10.4. The lowest BCUT2D eigenvalue weighted by molar-refractivity contribution is 0.213. The van der Waals surface area contributed by atoms with Crippen LogP contribution in [-0.2, 0) is 7.05 Å². The average molecular weight is 244 g/mol. The van der Waals surface area contributed by atoms with Gasteiger partial charge in [-0.1, -0.05) is 18.2 Å². The number of hydrogen-bond acceptors (Lipinski definition) is 3. The van der Waals surface area contributed by atoms with E-state index in [0.717, 1.165) is 16.0 Å². The second kappa shape index (κ2) is 3.98. The minimum Gasteiger partial charge on any atom is -0.382 e. The SMILES string of the molecule is Cn1cncc1C(O)c1cccc2ccsc12. The smallest absolute Gasteiger partial charge is 0.122 e. The number of aliphatic hydroxyl groups is 1. The predicted molar refractivity (Wildman–Crippen MR) is 69.1 cm³/mol. The van der Waals surface area contributed by atoms with E-state index in [0.29, 0.717) is 0 Å². The molecule has 0 aliphatic heterocycles. The van der Waals surface area contributed by atoms with Crippen LogP contribution < -0.4 is 0 Å². The van der Waals surface area contributed by atoms with Gasteiger partial charge in [-0.25, -0.2) is 4.98 Å². The Labute approximate surface area is 103 Å². The van der Waals surface area contributed by atoms with Crippen molar-refractivity contribution >= 4 is 21.4 Å². The first-order valence-electron chi connectivity index (χ1n) is 5.38. The molecule has 17 heavy (non-hydrogen) atoms. The van der Waals surface area contributed by atoms with Gasteiger partial charge in [-0.2, -0.15) is 0 Å². The Morgan fingerprint density at radius 1 is 1.35 bits per heavy atom. The summed E-state index contributed by atoms with van der Waals surface area (Å²) >= 11 is 1.66. The van der Waals surface area contributed by atoms with Crippen molar-refractivity contribution < 1.29 is 5.11 Å². The number of benzene rings is 1. The monoisotopic (exact) mass is 244 g/mol. The lowest BCUT2D eigenvalue weighted by Gasteiger charge is -2.12. The molecule has 0 saturated carbocycles. The van der Waals surface area contributed by atoms with E-state index in [4.69, 9.17) is 0 Å². The van der Waals surface area contributed by atoms with E-state index < -0.39 is 6.10 Å². The van der Waals surface area contributed by atoms with Gasteiger partial charge in [-0.15, -0.1) is 11.3 Å². The fraction of sp³-hybridized carbons (Fsp3) is 0.154. The number of aryl methyl sites for hydroxylation is 1. The summed E-state index contributed by atoms with van der Waals surface area (Å²) in [6.07, 6.45) is 2.79. The van der Waals surface area contributed by atoms with Gasteiger partial charge in [-0.05, 0) is 16.8 Å². The van der Waals surface area contributed by atoms with E-state index >= 15 is 0 Å². The molecular weight excluding hydrogens is 232 g/mol. The van der Waals surface area contributed by atoms with Crippen molar-refractivity contribution in [3.05, 3.63) is 53.4 Å². The summed E-state index contributed by atoms with van der Waals surface area (Å²) in [7, 11) is 1.89. The zero-order valence-electron chi connectivity index (χ0n) is 9.37. The van der Waals surface area contributed by atoms with E-state index in [1.165, 1.54) is 5.39 Å². The Kier molecular flexibility index (Phi) is 2.46. The maximum atomic E-state index is 10.4. The van der Waals surface area contributed by atoms with Gasteiger partial charge in [0.05, 0.1) is 18.2 Å². The van der Waals surface area contributed by atoms with Crippen molar-refractivity contribution in [3.8, 4) is 0 Å². The average Bonchev–Trinajstić information content (AvgIpc) is 2.95. The van der Waals surface area contributed by atoms with Crippen LogP contribution in [0.5, 0.6) is 0 Å². The first kappa shape index (κ1) is 10.5. The summed E-state index contributed by atoms with van der Waals surface area (Å²) in [5.41, 5.74) is 1.76. The number of rotatable bonds is 2. The van der Waals surface area contributed by atoms with Crippen LogP contribution in [0.15, 0.2) is 42.2 Å². The molecule has 2 heterocycles. The lowest BCUT2D eigenvalue weighted by Crippen LogP contribution is -2.05. The molecule has 0 spiro atoms. The zero-order valence-corrected chi connectivity index (χ0v) is 10.2. The Hall–Kier alpha value is -1.65. The van der Waals surface area contributed by atoms with Crippen molar-refractivity contribution in [2.45, 2.75) is 6.10 Å². The Balaban J connectivity index is 2.15. The quantitative estimate of drug-likeness (QED) is 0.752. The van der Waals surface area contributed by atoms with Crippen LogP contribution in [0.4, 0.5) is 0 Å². The van der Waals surface area contributed by atoms with Crippen LogP contribution in [-0.4, -0.2) is 14.7 Å². The second-order valence-electron chi connectivity index (χ2n) is 4.02. The van der Waals surface area contributed by atoms with E-state index in [1.54, 1.807) is 23.9 Å². The summed E-state index contributed by atoms with van der Waals surface area (Å²) in [4.78, 5) is 4.04. The number of hydrogen-bond donors (Lipinski definition) is 1. The highest BCUT2D eigenvalue weighted by atomic mass is 32.1. The second-order valence-corrected chi connectivity index (χ2v) is 4.93. The van der Waals surface area contributed by atoms with Gasteiger partial charge >= 0.3 is 0 Å². The molecule has 86 valence electrons. The van der Waals surface area contributed by atoms with Gasteiger partial charge in [0.2, 0.25) is 0 Å². The number of aliphatic hydroxyl groups excluding tert-OH is 1. The number of thiophene rings is 1. The number of fused-ring (bicyclic) bond motifs is 1. The molecule has 3 nitrogen and oxygen atoms in total. The van der Waals surface area contributed by atoms with E-state index in [1.807, 2.05) is 29.1 Å². The third-order valence-electron chi connectivity index (χ3n) is 2.94. The molecule has 0 radical (unpaired) electrons. The molecule has 0 aliphatic rings. The third-order valence-corrected chi connectivity index (χ3v) is 3.92. The first-order valence-corrected chi connectivity index (χ1v) is 6.26. The molecule has 3 aromatic rings. The van der Waals surface area contributed by atoms with Crippen molar-refractivity contribution in [1.82, 2.24) is 9.55 Å².